The molecule has 13 nitrogen and oxygen atoms in total. The number of hydrogen-bond acceptors (Lipinski definition) is 12. The zero-order valence-corrected chi connectivity index (χ0v) is 23.8. The second kappa shape index (κ2) is 17.2. The molecule has 0 aliphatic carbocycles. The summed E-state index contributed by atoms with van der Waals surface area (Å²) < 4.78 is 30.1. The molecule has 0 unspecified atom stereocenters. The smallest absolute Gasteiger partial charge is 0.342 e. The molecule has 14 heteroatoms. The fourth-order valence-electron chi connectivity index (χ4n) is 3.22. The number of carbonyl (C=O) groups is 6. The predicted molar refractivity (Wildman–Crippen MR) is 135 cm³/mol. The third-order valence-electron chi connectivity index (χ3n) is 5.26. The van der Waals surface area contributed by atoms with E-state index in [1.54, 1.807) is 48.5 Å². The first kappa shape index (κ1) is 35.3. The van der Waals surface area contributed by atoms with Crippen molar-refractivity contribution >= 4 is 35.1 Å². The van der Waals surface area contributed by atoms with Gasteiger partial charge in [-0.3, -0.25) is 19.2 Å². The summed E-state index contributed by atoms with van der Waals surface area (Å²) in [5.74, 6) is -2.67. The van der Waals surface area contributed by atoms with Crippen molar-refractivity contribution in [1.29, 1.82) is 0 Å². The third kappa shape index (κ3) is 9.73. The van der Waals surface area contributed by atoms with Gasteiger partial charge in [0.1, 0.15) is 47.4 Å². The fraction of sp³-hybridized carbons (Fsp3) is 0.214. The maximum atomic E-state index is 11.9. The molecule has 0 amide bonds. The molecule has 2 aliphatic rings. The summed E-state index contributed by atoms with van der Waals surface area (Å²) in [7, 11) is 2.90. The minimum atomic E-state index is -0.653. The maximum Gasteiger partial charge on any atom is 0.342 e. The van der Waals surface area contributed by atoms with Crippen LogP contribution in [0.1, 0.15) is 20.7 Å². The van der Waals surface area contributed by atoms with Gasteiger partial charge in [0.2, 0.25) is 23.1 Å². The number of hydrogen-bond donors (Lipinski definition) is 0. The van der Waals surface area contributed by atoms with Crippen LogP contribution in [0, 0.1) is 0 Å². The van der Waals surface area contributed by atoms with Gasteiger partial charge in [-0.05, 0) is 24.3 Å². The van der Waals surface area contributed by atoms with Crippen LogP contribution in [0.2, 0.25) is 0 Å². The van der Waals surface area contributed by atoms with Crippen LogP contribution in [0.5, 0.6) is 11.5 Å². The minimum absolute atomic E-state index is 0. The van der Waals surface area contributed by atoms with Gasteiger partial charge in [0.15, 0.2) is 13.2 Å². The summed E-state index contributed by atoms with van der Waals surface area (Å²) in [6, 6.07) is 13.2. The molecule has 4 rings (SSSR count). The standard InChI is InChI=1S/2C14H12O6.O.V/c2*1-18-13-5-3-2-4-10(13)14(17)20-7-9-6-11(15)12(16)8-19-9;;/h2*2-6H,7-8H2,1H3;;/q;;-2;. The molecule has 0 saturated carbocycles. The molecule has 0 N–H and O–H groups in total. The van der Waals surface area contributed by atoms with Crippen molar-refractivity contribution in [3.63, 3.8) is 0 Å². The summed E-state index contributed by atoms with van der Waals surface area (Å²) >= 11 is 0. The number of ketones is 4. The molecule has 0 bridgehead atoms. The Labute approximate surface area is 251 Å². The van der Waals surface area contributed by atoms with Gasteiger partial charge in [0.25, 0.3) is 0 Å². The molecule has 0 saturated heterocycles. The van der Waals surface area contributed by atoms with E-state index in [0.717, 1.165) is 12.2 Å². The van der Waals surface area contributed by atoms with E-state index in [9.17, 15) is 28.8 Å². The van der Waals surface area contributed by atoms with Crippen LogP contribution >= 0.6 is 0 Å². The summed E-state index contributed by atoms with van der Waals surface area (Å²) in [5, 5.41) is 0. The number of ether oxygens (including phenoxy) is 6. The van der Waals surface area contributed by atoms with Gasteiger partial charge in [-0.1, -0.05) is 24.3 Å². The average molecular weight is 619 g/mol. The van der Waals surface area contributed by atoms with Crippen molar-refractivity contribution in [3.8, 4) is 11.5 Å². The number of para-hydroxylation sites is 2. The van der Waals surface area contributed by atoms with Gasteiger partial charge in [0.05, 0.1) is 14.2 Å². The minimum Gasteiger partial charge on any atom is -2.00 e. The van der Waals surface area contributed by atoms with Crippen molar-refractivity contribution in [2.75, 3.05) is 40.6 Å². The molecule has 2 aromatic rings. The van der Waals surface area contributed by atoms with Gasteiger partial charge in [-0.15, -0.1) is 0 Å². The monoisotopic (exact) mass is 619 g/mol. The number of benzene rings is 2. The summed E-state index contributed by atoms with van der Waals surface area (Å²) in [4.78, 5) is 67.9. The predicted octanol–water partition coefficient (Wildman–Crippen LogP) is 1.69. The van der Waals surface area contributed by atoms with Crippen molar-refractivity contribution in [3.05, 3.63) is 83.3 Å². The topological polar surface area (TPSA) is 186 Å². The Balaban J connectivity index is 0.000000401. The number of esters is 2. The largest absolute Gasteiger partial charge is 2.00 e. The van der Waals surface area contributed by atoms with E-state index in [4.69, 9.17) is 28.4 Å². The number of carbonyl (C=O) groups excluding carboxylic acids is 6. The van der Waals surface area contributed by atoms with Crippen LogP contribution in [-0.2, 0) is 62.2 Å². The van der Waals surface area contributed by atoms with E-state index in [1.807, 2.05) is 0 Å². The molecule has 0 fully saturated rings. The van der Waals surface area contributed by atoms with E-state index < -0.39 is 35.1 Å². The number of methoxy groups -OCH3 is 2. The van der Waals surface area contributed by atoms with Crippen LogP contribution in [0.25, 0.3) is 0 Å². The van der Waals surface area contributed by atoms with Crippen LogP contribution in [0.3, 0.4) is 0 Å². The normalized spacial score (nSPS) is 13.7. The molecule has 2 aromatic carbocycles. The van der Waals surface area contributed by atoms with Crippen LogP contribution in [-0.4, -0.2) is 75.7 Å². The fourth-order valence-corrected chi connectivity index (χ4v) is 3.22. The molecular formula is C28H24O13V-2. The molecule has 2 heterocycles. The molecule has 2 aliphatic heterocycles. The van der Waals surface area contributed by atoms with E-state index in [0.29, 0.717) is 11.5 Å². The molecule has 0 spiro atoms. The molecule has 42 heavy (non-hydrogen) atoms. The number of rotatable bonds is 8. The Kier molecular flexibility index (Phi) is 14.4. The Morgan fingerprint density at radius 1 is 0.667 bits per heavy atom. The summed E-state index contributed by atoms with van der Waals surface area (Å²) in [6.07, 6.45) is 2.06. The van der Waals surface area contributed by atoms with Crippen LogP contribution < -0.4 is 9.47 Å². The van der Waals surface area contributed by atoms with Gasteiger partial charge >= 0.3 is 11.9 Å². The van der Waals surface area contributed by atoms with E-state index in [-0.39, 0.29) is 73.1 Å². The second-order valence-electron chi connectivity index (χ2n) is 7.93. The molecule has 1 radical (unpaired) electrons. The molecule has 221 valence electrons. The first-order valence-corrected chi connectivity index (χ1v) is 11.6. The van der Waals surface area contributed by atoms with Crippen molar-refractivity contribution < 1.29 is 81.2 Å². The van der Waals surface area contributed by atoms with E-state index in [1.165, 1.54) is 14.2 Å². The van der Waals surface area contributed by atoms with E-state index >= 15 is 0 Å². The van der Waals surface area contributed by atoms with Gasteiger partial charge in [-0.2, -0.15) is 0 Å². The molecule has 0 atom stereocenters. The van der Waals surface area contributed by atoms with E-state index in [2.05, 4.69) is 0 Å². The number of allylic oxidation sites excluding steroid dienone is 2. The zero-order chi connectivity index (χ0) is 29.1. The molecule has 0 aromatic heterocycles. The summed E-state index contributed by atoms with van der Waals surface area (Å²) in [6.45, 7) is -1.07. The van der Waals surface area contributed by atoms with Crippen molar-refractivity contribution in [1.82, 2.24) is 0 Å². The Hall–Kier alpha value is -4.72. The van der Waals surface area contributed by atoms with Crippen LogP contribution in [0.15, 0.2) is 72.2 Å². The Morgan fingerprint density at radius 2 is 1.02 bits per heavy atom. The molecular weight excluding hydrogens is 595 g/mol. The van der Waals surface area contributed by atoms with Gasteiger partial charge in [-0.25, -0.2) is 9.59 Å². The average Bonchev–Trinajstić information content (AvgIpc) is 2.98. The van der Waals surface area contributed by atoms with Gasteiger partial charge < -0.3 is 33.9 Å². The second-order valence-corrected chi connectivity index (χ2v) is 7.93. The first-order chi connectivity index (χ1) is 19.2. The van der Waals surface area contributed by atoms with Crippen molar-refractivity contribution in [2.45, 2.75) is 0 Å². The zero-order valence-electron chi connectivity index (χ0n) is 22.4. The number of Topliss-reactive ketones (excluding diaryl/α,β-unsaturated/α-hetero) is 2. The van der Waals surface area contributed by atoms with Crippen LogP contribution in [0.4, 0.5) is 0 Å². The Morgan fingerprint density at radius 3 is 1.36 bits per heavy atom. The SMILES string of the molecule is COc1ccccc1C(=O)OCC1=CC(=O)C(=O)CO1.COc1ccccc1C(=O)OCC1=CC(=O)C(=O)CO1.[O-2].[V]. The van der Waals surface area contributed by atoms with Gasteiger partial charge in [0, 0.05) is 30.7 Å². The Bertz CT molecular complexity index is 1290. The quantitative estimate of drug-likeness (QED) is 0.308. The maximum absolute atomic E-state index is 11.9. The van der Waals surface area contributed by atoms with Crippen molar-refractivity contribution in [2.24, 2.45) is 0 Å². The first-order valence-electron chi connectivity index (χ1n) is 11.6. The third-order valence-corrected chi connectivity index (χ3v) is 5.26. The summed E-state index contributed by atoms with van der Waals surface area (Å²) in [5.41, 5.74) is 0.544.